The van der Waals surface area contributed by atoms with E-state index in [0.29, 0.717) is 25.2 Å². The zero-order valence-electron chi connectivity index (χ0n) is 21.1. The highest BCUT2D eigenvalue weighted by Crippen LogP contribution is 2.30. The van der Waals surface area contributed by atoms with E-state index in [1.54, 1.807) is 17.5 Å². The average Bonchev–Trinajstić information content (AvgIpc) is 3.41. The molecule has 2 aromatic heterocycles. The number of halogens is 3. The van der Waals surface area contributed by atoms with Crippen molar-refractivity contribution in [3.8, 4) is 16.9 Å². The fourth-order valence-corrected chi connectivity index (χ4v) is 4.47. The smallest absolute Gasteiger partial charge is 0.404 e. The van der Waals surface area contributed by atoms with Gasteiger partial charge in [0.2, 0.25) is 5.95 Å². The number of amides is 2. The van der Waals surface area contributed by atoms with Gasteiger partial charge in [0.25, 0.3) is 5.56 Å². The number of benzene rings is 2. The molecule has 0 radical (unpaired) electrons. The molecule has 0 spiro atoms. The molecular weight excluding hydrogens is 547 g/mol. The molecule has 14 heteroatoms. The Kier molecular flexibility index (Phi) is 9.47. The van der Waals surface area contributed by atoms with E-state index in [0.717, 1.165) is 29.6 Å². The number of aromatic nitrogens is 3. The molecule has 10 nitrogen and oxygen atoms in total. The molecule has 2 aromatic carbocycles. The zero-order valence-corrected chi connectivity index (χ0v) is 21.9. The van der Waals surface area contributed by atoms with Crippen LogP contribution in [0, 0.1) is 0 Å². The van der Waals surface area contributed by atoms with Crippen LogP contribution in [-0.4, -0.2) is 45.3 Å². The van der Waals surface area contributed by atoms with Gasteiger partial charge >= 0.3 is 12.4 Å². The van der Waals surface area contributed by atoms with Crippen LogP contribution in [0.15, 0.2) is 71.1 Å². The third kappa shape index (κ3) is 8.36. The predicted octanol–water partition coefficient (Wildman–Crippen LogP) is 4.79. The normalized spacial score (nSPS) is 11.4. The van der Waals surface area contributed by atoms with E-state index in [4.69, 9.17) is 5.73 Å². The Bertz CT molecular complexity index is 1460. The van der Waals surface area contributed by atoms with Crippen LogP contribution in [0.4, 0.5) is 29.6 Å². The molecule has 0 fully saturated rings. The number of para-hydroxylation sites is 2. The van der Waals surface area contributed by atoms with E-state index in [1.807, 2.05) is 29.6 Å². The number of anilines is 2. The van der Waals surface area contributed by atoms with E-state index >= 15 is 0 Å². The Labute approximate surface area is 231 Å². The lowest BCUT2D eigenvalue weighted by atomic mass is 10.1. The molecule has 0 bridgehead atoms. The van der Waals surface area contributed by atoms with Gasteiger partial charge in [-0.05, 0) is 36.2 Å². The summed E-state index contributed by atoms with van der Waals surface area (Å²) in [6.45, 7) is 2.81. The van der Waals surface area contributed by atoms with Crippen molar-refractivity contribution in [2.24, 2.45) is 5.73 Å². The van der Waals surface area contributed by atoms with Crippen molar-refractivity contribution in [1.29, 1.82) is 0 Å². The fraction of sp³-hybridized carbons (Fsp3) is 0.231. The van der Waals surface area contributed by atoms with Gasteiger partial charge in [-0.15, -0.1) is 24.5 Å². The topological polar surface area (TPSA) is 138 Å². The lowest BCUT2D eigenvalue weighted by Crippen LogP contribution is -2.25. The number of hydrogen-bond acceptors (Lipinski definition) is 8. The maximum Gasteiger partial charge on any atom is 0.573 e. The monoisotopic (exact) mass is 573 g/mol. The van der Waals surface area contributed by atoms with E-state index in [1.165, 1.54) is 24.4 Å². The highest BCUT2D eigenvalue weighted by atomic mass is 32.1. The van der Waals surface area contributed by atoms with E-state index < -0.39 is 23.7 Å². The fourth-order valence-electron chi connectivity index (χ4n) is 3.81. The van der Waals surface area contributed by atoms with E-state index in [9.17, 15) is 22.8 Å². The number of thiazole rings is 1. The number of aromatic amines is 1. The van der Waals surface area contributed by atoms with Gasteiger partial charge in [0.15, 0.2) is 5.75 Å². The Hall–Kier alpha value is -4.27. The second-order valence-corrected chi connectivity index (χ2v) is 9.55. The lowest BCUT2D eigenvalue weighted by Gasteiger charge is -2.21. The summed E-state index contributed by atoms with van der Waals surface area (Å²) in [5.74, 6) is -0.772. The maximum absolute atomic E-state index is 12.7. The molecule has 0 aliphatic carbocycles. The van der Waals surface area contributed by atoms with Gasteiger partial charge in [-0.1, -0.05) is 36.4 Å². The van der Waals surface area contributed by atoms with Crippen LogP contribution in [0.1, 0.15) is 17.0 Å². The Morgan fingerprint density at radius 2 is 1.88 bits per heavy atom. The quantitative estimate of drug-likeness (QED) is 0.202. The number of alkyl halides is 3. The molecule has 0 unspecified atom stereocenters. The summed E-state index contributed by atoms with van der Waals surface area (Å²) < 4.78 is 41.7. The molecule has 4 aromatic rings. The van der Waals surface area contributed by atoms with Crippen molar-refractivity contribution in [3.05, 3.63) is 87.2 Å². The summed E-state index contributed by atoms with van der Waals surface area (Å²) in [6, 6.07) is 11.6. The largest absolute Gasteiger partial charge is 0.573 e. The van der Waals surface area contributed by atoms with Crippen molar-refractivity contribution in [2.75, 3.05) is 23.7 Å². The predicted molar refractivity (Wildman–Crippen MR) is 146 cm³/mol. The number of nitrogens with zero attached hydrogens (tertiary/aromatic N) is 3. The lowest BCUT2D eigenvalue weighted by molar-refractivity contribution is -0.274. The van der Waals surface area contributed by atoms with Crippen molar-refractivity contribution >= 4 is 29.0 Å². The number of H-pyrrole nitrogens is 1. The molecule has 40 heavy (non-hydrogen) atoms. The van der Waals surface area contributed by atoms with Gasteiger partial charge in [0.1, 0.15) is 5.01 Å². The number of urea groups is 1. The number of carbonyl (C=O) groups excluding carboxylic acids is 1. The minimum absolute atomic E-state index is 0.185. The molecule has 0 saturated carbocycles. The number of carbonyl (C=O) groups is 1. The SMILES string of the molecule is NCCCN(Cc1ccc(-c2c[nH]c(NC(=O)Nc3ccccc3OC(F)(F)F)nc2=O)cc1)Cc1nccs1. The van der Waals surface area contributed by atoms with Crippen molar-refractivity contribution in [3.63, 3.8) is 0 Å². The molecule has 5 N–H and O–H groups in total. The first-order valence-corrected chi connectivity index (χ1v) is 13.0. The van der Waals surface area contributed by atoms with Gasteiger partial charge in [-0.2, -0.15) is 4.98 Å². The third-order valence-corrected chi connectivity index (χ3v) is 6.35. The third-order valence-electron chi connectivity index (χ3n) is 5.58. The summed E-state index contributed by atoms with van der Waals surface area (Å²) in [5, 5.41) is 7.50. The van der Waals surface area contributed by atoms with Crippen LogP contribution < -0.4 is 26.7 Å². The van der Waals surface area contributed by atoms with Gasteiger partial charge < -0.3 is 20.8 Å². The Morgan fingerprint density at radius 3 is 2.55 bits per heavy atom. The molecule has 0 aliphatic heterocycles. The molecule has 0 saturated heterocycles. The highest BCUT2D eigenvalue weighted by molar-refractivity contribution is 7.09. The van der Waals surface area contributed by atoms with Crippen LogP contribution in [0.25, 0.3) is 11.1 Å². The highest BCUT2D eigenvalue weighted by Gasteiger charge is 2.32. The van der Waals surface area contributed by atoms with Gasteiger partial charge in [-0.3, -0.25) is 15.0 Å². The van der Waals surface area contributed by atoms with Crippen LogP contribution in [0.2, 0.25) is 0 Å². The standard InChI is InChI=1S/C26H26F3N7O3S/c27-26(28,29)39-21-5-2-1-4-20(21)33-25(38)35-24-32-14-19(23(37)34-24)18-8-6-17(7-9-18)15-36(12-3-10-30)16-22-31-11-13-40-22/h1-2,4-9,11,13-14H,3,10,12,15-16,30H2,(H3,32,33,34,35,37,38). The summed E-state index contributed by atoms with van der Waals surface area (Å²) in [4.78, 5) is 38.2. The molecule has 0 atom stereocenters. The number of hydrogen-bond donors (Lipinski definition) is 4. The maximum atomic E-state index is 12.7. The van der Waals surface area contributed by atoms with Crippen LogP contribution in [-0.2, 0) is 13.1 Å². The molecule has 210 valence electrons. The first-order chi connectivity index (χ1) is 19.2. The van der Waals surface area contributed by atoms with E-state index in [2.05, 4.69) is 35.2 Å². The Morgan fingerprint density at radius 1 is 1.10 bits per heavy atom. The first kappa shape index (κ1) is 28.7. The summed E-state index contributed by atoms with van der Waals surface area (Å²) in [7, 11) is 0. The first-order valence-electron chi connectivity index (χ1n) is 12.1. The summed E-state index contributed by atoms with van der Waals surface area (Å²) in [5.41, 5.74) is 6.83. The second-order valence-electron chi connectivity index (χ2n) is 8.57. The minimum Gasteiger partial charge on any atom is -0.404 e. The molecule has 2 heterocycles. The van der Waals surface area contributed by atoms with Gasteiger partial charge in [0.05, 0.1) is 17.8 Å². The van der Waals surface area contributed by atoms with Crippen LogP contribution in [0.5, 0.6) is 5.75 Å². The van der Waals surface area contributed by atoms with Crippen LogP contribution >= 0.6 is 11.3 Å². The number of nitrogens with one attached hydrogen (secondary N) is 3. The zero-order chi connectivity index (χ0) is 28.5. The second kappa shape index (κ2) is 13.2. The number of ether oxygens (including phenoxy) is 1. The van der Waals surface area contributed by atoms with E-state index in [-0.39, 0.29) is 17.2 Å². The Balaban J connectivity index is 1.39. The summed E-state index contributed by atoms with van der Waals surface area (Å²) >= 11 is 1.60. The van der Waals surface area contributed by atoms with Gasteiger partial charge in [-0.25, -0.2) is 9.78 Å². The average molecular weight is 574 g/mol. The molecular formula is C26H26F3N7O3S. The minimum atomic E-state index is -4.93. The summed E-state index contributed by atoms with van der Waals surface area (Å²) in [6.07, 6.45) is -0.893. The number of rotatable bonds is 11. The molecule has 2 amide bonds. The molecule has 0 aliphatic rings. The number of nitrogens with two attached hydrogens (primary N) is 1. The van der Waals surface area contributed by atoms with Crippen molar-refractivity contribution < 1.29 is 22.7 Å². The van der Waals surface area contributed by atoms with Crippen molar-refractivity contribution in [1.82, 2.24) is 19.9 Å². The van der Waals surface area contributed by atoms with Crippen molar-refractivity contribution in [2.45, 2.75) is 25.9 Å². The van der Waals surface area contributed by atoms with Gasteiger partial charge in [0, 0.05) is 30.9 Å². The van der Waals surface area contributed by atoms with Crippen LogP contribution in [0.3, 0.4) is 0 Å². The molecule has 4 rings (SSSR count).